The number of nitrogens with zero attached hydrogens (tertiary/aromatic N) is 3. The van der Waals surface area contributed by atoms with E-state index in [0.717, 1.165) is 37.8 Å². The van der Waals surface area contributed by atoms with E-state index in [2.05, 4.69) is 35.6 Å². The first-order chi connectivity index (χ1) is 9.71. The third-order valence-corrected chi connectivity index (χ3v) is 3.36. The van der Waals surface area contributed by atoms with Gasteiger partial charge in [0.05, 0.1) is 6.61 Å². The van der Waals surface area contributed by atoms with Gasteiger partial charge >= 0.3 is 0 Å². The molecule has 4 heteroatoms. The van der Waals surface area contributed by atoms with Gasteiger partial charge in [0.25, 0.3) is 0 Å². The van der Waals surface area contributed by atoms with Crippen LogP contribution in [0.15, 0.2) is 6.07 Å². The van der Waals surface area contributed by atoms with Gasteiger partial charge in [0.1, 0.15) is 0 Å². The molecule has 1 rings (SSSR count). The van der Waals surface area contributed by atoms with Gasteiger partial charge in [-0.2, -0.15) is 4.98 Å². The Morgan fingerprint density at radius 2 is 1.70 bits per heavy atom. The summed E-state index contributed by atoms with van der Waals surface area (Å²) in [5.41, 5.74) is 0.961. The van der Waals surface area contributed by atoms with Crippen molar-refractivity contribution in [3.8, 4) is 5.88 Å². The average molecular weight is 279 g/mol. The molecule has 0 saturated heterocycles. The van der Waals surface area contributed by atoms with Gasteiger partial charge in [-0.3, -0.25) is 0 Å². The number of aryl methyl sites for hydroxylation is 1. The highest BCUT2D eigenvalue weighted by Crippen LogP contribution is 2.15. The first kappa shape index (κ1) is 16.7. The normalized spacial score (nSPS) is 10.6. The Bertz CT molecular complexity index is 378. The maximum Gasteiger partial charge on any atom is 0.228 e. The van der Waals surface area contributed by atoms with Crippen LogP contribution >= 0.6 is 0 Å². The van der Waals surface area contributed by atoms with Crippen molar-refractivity contribution >= 4 is 5.95 Å². The first-order valence-electron chi connectivity index (χ1n) is 7.94. The monoisotopic (exact) mass is 279 g/mol. The summed E-state index contributed by atoms with van der Waals surface area (Å²) in [7, 11) is 0. The molecule has 0 unspecified atom stereocenters. The van der Waals surface area contributed by atoms with Gasteiger partial charge in [-0.15, -0.1) is 0 Å². The lowest BCUT2D eigenvalue weighted by Crippen LogP contribution is -2.24. The molecule has 0 atom stereocenters. The fourth-order valence-corrected chi connectivity index (χ4v) is 2.13. The lowest BCUT2D eigenvalue weighted by molar-refractivity contribution is 0.292. The molecule has 0 aliphatic rings. The third-order valence-electron chi connectivity index (χ3n) is 3.36. The standard InChI is InChI=1S/C16H29N3O/c1-5-8-9-10-11-12-20-15-13-14(4)17-16(18-15)19(6-2)7-3/h13H,5-12H2,1-4H3. The predicted molar refractivity (Wildman–Crippen MR) is 84.6 cm³/mol. The fraction of sp³-hybridized carbons (Fsp3) is 0.750. The van der Waals surface area contributed by atoms with Crippen LogP contribution in [0.4, 0.5) is 5.95 Å². The van der Waals surface area contributed by atoms with Crippen LogP contribution in [0.5, 0.6) is 5.88 Å². The van der Waals surface area contributed by atoms with Crippen molar-refractivity contribution < 1.29 is 4.74 Å². The molecule has 114 valence electrons. The van der Waals surface area contributed by atoms with E-state index < -0.39 is 0 Å². The van der Waals surface area contributed by atoms with Gasteiger partial charge < -0.3 is 9.64 Å². The number of hydrogen-bond acceptors (Lipinski definition) is 4. The Morgan fingerprint density at radius 3 is 2.35 bits per heavy atom. The average Bonchev–Trinajstić information content (AvgIpc) is 2.43. The van der Waals surface area contributed by atoms with E-state index in [0.29, 0.717) is 5.88 Å². The molecule has 0 aliphatic heterocycles. The maximum atomic E-state index is 5.77. The van der Waals surface area contributed by atoms with Crippen molar-refractivity contribution in [2.24, 2.45) is 0 Å². The minimum atomic E-state index is 0.704. The topological polar surface area (TPSA) is 38.2 Å². The molecule has 0 radical (unpaired) electrons. The molecular weight excluding hydrogens is 250 g/mol. The van der Waals surface area contributed by atoms with E-state index in [9.17, 15) is 0 Å². The zero-order chi connectivity index (χ0) is 14.8. The summed E-state index contributed by atoms with van der Waals surface area (Å²) in [6.45, 7) is 11.0. The molecule has 0 saturated carbocycles. The lowest BCUT2D eigenvalue weighted by atomic mass is 10.2. The van der Waals surface area contributed by atoms with E-state index in [1.165, 1.54) is 25.7 Å². The second-order valence-corrected chi connectivity index (χ2v) is 5.08. The highest BCUT2D eigenvalue weighted by molar-refractivity contribution is 5.33. The second kappa shape index (κ2) is 9.56. The van der Waals surface area contributed by atoms with Crippen LogP contribution in [0.25, 0.3) is 0 Å². The number of anilines is 1. The Kier molecular flexibility index (Phi) is 8.00. The molecule has 0 fully saturated rings. The maximum absolute atomic E-state index is 5.77. The molecule has 1 aromatic heterocycles. The summed E-state index contributed by atoms with van der Waals surface area (Å²) >= 11 is 0. The summed E-state index contributed by atoms with van der Waals surface area (Å²) < 4.78 is 5.77. The van der Waals surface area contributed by atoms with Crippen LogP contribution in [0, 0.1) is 6.92 Å². The summed E-state index contributed by atoms with van der Waals surface area (Å²) in [5.74, 6) is 1.48. The van der Waals surface area contributed by atoms with E-state index >= 15 is 0 Å². The molecule has 20 heavy (non-hydrogen) atoms. The zero-order valence-electron chi connectivity index (χ0n) is 13.5. The molecular formula is C16H29N3O. The van der Waals surface area contributed by atoms with Crippen LogP contribution in [0.3, 0.4) is 0 Å². The molecule has 0 amide bonds. The van der Waals surface area contributed by atoms with Crippen molar-refractivity contribution in [1.82, 2.24) is 9.97 Å². The van der Waals surface area contributed by atoms with Gasteiger partial charge in [-0.25, -0.2) is 4.98 Å². The Labute approximate surface area is 123 Å². The SMILES string of the molecule is CCCCCCCOc1cc(C)nc(N(CC)CC)n1. The van der Waals surface area contributed by atoms with Crippen molar-refractivity contribution in [3.05, 3.63) is 11.8 Å². The molecule has 0 bridgehead atoms. The van der Waals surface area contributed by atoms with E-state index in [4.69, 9.17) is 4.74 Å². The minimum Gasteiger partial charge on any atom is -0.478 e. The number of ether oxygens (including phenoxy) is 1. The summed E-state index contributed by atoms with van der Waals surface area (Å²) in [6, 6.07) is 1.92. The quantitative estimate of drug-likeness (QED) is 0.607. The van der Waals surface area contributed by atoms with Gasteiger partial charge in [-0.05, 0) is 27.2 Å². The fourth-order valence-electron chi connectivity index (χ4n) is 2.13. The molecule has 0 aromatic carbocycles. The Morgan fingerprint density at radius 1 is 1.00 bits per heavy atom. The molecule has 0 N–H and O–H groups in total. The third kappa shape index (κ3) is 5.76. The van der Waals surface area contributed by atoms with Crippen LogP contribution < -0.4 is 9.64 Å². The summed E-state index contributed by atoms with van der Waals surface area (Å²) in [6.07, 6.45) is 6.23. The van der Waals surface area contributed by atoms with E-state index in [-0.39, 0.29) is 0 Å². The number of aromatic nitrogens is 2. The minimum absolute atomic E-state index is 0.704. The number of hydrogen-bond donors (Lipinski definition) is 0. The first-order valence-corrected chi connectivity index (χ1v) is 7.94. The molecule has 0 aliphatic carbocycles. The Hall–Kier alpha value is -1.32. The smallest absolute Gasteiger partial charge is 0.228 e. The van der Waals surface area contributed by atoms with Crippen LogP contribution in [0.2, 0.25) is 0 Å². The van der Waals surface area contributed by atoms with Crippen molar-refractivity contribution in [1.29, 1.82) is 0 Å². The highest BCUT2D eigenvalue weighted by atomic mass is 16.5. The Balaban J connectivity index is 2.49. The van der Waals surface area contributed by atoms with E-state index in [1.807, 2.05) is 13.0 Å². The number of unbranched alkanes of at least 4 members (excludes halogenated alkanes) is 4. The lowest BCUT2D eigenvalue weighted by Gasteiger charge is -2.19. The van der Waals surface area contributed by atoms with Gasteiger partial charge in [0, 0.05) is 24.8 Å². The second-order valence-electron chi connectivity index (χ2n) is 5.08. The molecule has 4 nitrogen and oxygen atoms in total. The molecule has 1 aromatic rings. The molecule has 1 heterocycles. The summed E-state index contributed by atoms with van der Waals surface area (Å²) in [5, 5.41) is 0. The highest BCUT2D eigenvalue weighted by Gasteiger charge is 2.08. The largest absolute Gasteiger partial charge is 0.478 e. The van der Waals surface area contributed by atoms with Crippen molar-refractivity contribution in [2.75, 3.05) is 24.6 Å². The van der Waals surface area contributed by atoms with Gasteiger partial charge in [-0.1, -0.05) is 32.6 Å². The van der Waals surface area contributed by atoms with Crippen molar-refractivity contribution in [2.45, 2.75) is 59.8 Å². The predicted octanol–water partition coefficient (Wildman–Crippen LogP) is 3.98. The zero-order valence-corrected chi connectivity index (χ0v) is 13.5. The number of rotatable bonds is 10. The van der Waals surface area contributed by atoms with Crippen LogP contribution in [0.1, 0.15) is 58.6 Å². The van der Waals surface area contributed by atoms with Crippen molar-refractivity contribution in [3.63, 3.8) is 0 Å². The summed E-state index contributed by atoms with van der Waals surface area (Å²) in [4.78, 5) is 11.1. The van der Waals surface area contributed by atoms with Gasteiger partial charge in [0.15, 0.2) is 0 Å². The molecule has 0 spiro atoms. The van der Waals surface area contributed by atoms with Gasteiger partial charge in [0.2, 0.25) is 11.8 Å². The van der Waals surface area contributed by atoms with Crippen LogP contribution in [-0.2, 0) is 0 Å². The van der Waals surface area contributed by atoms with E-state index in [1.54, 1.807) is 0 Å². The van der Waals surface area contributed by atoms with Crippen LogP contribution in [-0.4, -0.2) is 29.7 Å².